The highest BCUT2D eigenvalue weighted by Gasteiger charge is 2.36. The average Bonchev–Trinajstić information content (AvgIpc) is 3.56. The minimum Gasteiger partial charge on any atom is -0.309 e. The molecule has 0 N–H and O–H groups in total. The van der Waals surface area contributed by atoms with Crippen LogP contribution < -0.4 is 0 Å². The van der Waals surface area contributed by atoms with Crippen molar-refractivity contribution in [3.8, 4) is 16.8 Å². The summed E-state index contributed by atoms with van der Waals surface area (Å²) in [6, 6.07) is 51.1. The van der Waals surface area contributed by atoms with Crippen LogP contribution in [0, 0.1) is 0 Å². The minimum atomic E-state index is -0.0782. The first-order valence-corrected chi connectivity index (χ1v) is 16.0. The molecule has 0 amide bonds. The Bertz CT molecular complexity index is 2360. The summed E-state index contributed by atoms with van der Waals surface area (Å²) in [6.45, 7) is 8.94. The molecule has 0 bridgehead atoms. The third kappa shape index (κ3) is 4.90. The van der Waals surface area contributed by atoms with Crippen LogP contribution in [0.15, 0.2) is 161 Å². The topological polar surface area (TPSA) is 42.0 Å². The van der Waals surface area contributed by atoms with E-state index in [1.54, 1.807) is 0 Å². The van der Waals surface area contributed by atoms with Crippen molar-refractivity contribution in [1.82, 2.24) is 4.57 Å². The van der Waals surface area contributed by atoms with Crippen LogP contribution in [0.4, 0.5) is 0 Å². The van der Waals surface area contributed by atoms with Gasteiger partial charge >= 0.3 is 0 Å². The van der Waals surface area contributed by atoms with Crippen molar-refractivity contribution in [3.05, 3.63) is 173 Å². The second kappa shape index (κ2) is 11.5. The van der Waals surface area contributed by atoms with Crippen molar-refractivity contribution >= 4 is 40.2 Å². The standard InChI is InChI=1S/C43H34N4/c1-43(2)37-23-12-10-21-33(37)35-26-36-34-22-11-13-24-39(34)47(40(36)27-38(35)43)32-20-14-15-29(25-32)28-45-42(31-18-8-5-9-19-31)46-41(44-3)30-16-6-4-7-17-30/h4-27H,3,28H2,1-2H3. The lowest BCUT2D eigenvalue weighted by Gasteiger charge is -2.21. The Morgan fingerprint density at radius 1 is 0.596 bits per heavy atom. The number of aliphatic imine (C=N–C) groups is 3. The first kappa shape index (κ1) is 28.6. The van der Waals surface area contributed by atoms with Gasteiger partial charge in [-0.05, 0) is 64.9 Å². The number of aromatic nitrogens is 1. The molecule has 0 spiro atoms. The number of benzene rings is 6. The first-order chi connectivity index (χ1) is 23.0. The van der Waals surface area contributed by atoms with Crippen LogP contribution in [0.25, 0.3) is 38.6 Å². The summed E-state index contributed by atoms with van der Waals surface area (Å²) in [5, 5.41) is 2.52. The molecule has 0 radical (unpaired) electrons. The van der Waals surface area contributed by atoms with Gasteiger partial charge in [0.25, 0.3) is 0 Å². The van der Waals surface area contributed by atoms with Crippen LogP contribution in [0.2, 0.25) is 0 Å². The molecule has 47 heavy (non-hydrogen) atoms. The van der Waals surface area contributed by atoms with Gasteiger partial charge < -0.3 is 4.57 Å². The lowest BCUT2D eigenvalue weighted by Crippen LogP contribution is -2.14. The zero-order valence-corrected chi connectivity index (χ0v) is 26.6. The maximum absolute atomic E-state index is 5.05. The Balaban J connectivity index is 1.24. The molecule has 0 atom stereocenters. The molecule has 0 saturated heterocycles. The molecule has 4 heteroatoms. The number of hydrogen-bond acceptors (Lipinski definition) is 1. The predicted octanol–water partition coefficient (Wildman–Crippen LogP) is 10.2. The van der Waals surface area contributed by atoms with Gasteiger partial charge in [0.2, 0.25) is 0 Å². The average molecular weight is 607 g/mol. The van der Waals surface area contributed by atoms with Crippen molar-refractivity contribution in [1.29, 1.82) is 0 Å². The van der Waals surface area contributed by atoms with E-state index in [0.717, 1.165) is 22.4 Å². The fraction of sp³-hybridized carbons (Fsp3) is 0.0930. The molecule has 1 aromatic heterocycles. The summed E-state index contributed by atoms with van der Waals surface area (Å²) in [4.78, 5) is 14.2. The summed E-state index contributed by atoms with van der Waals surface area (Å²) in [5.74, 6) is 1.17. The maximum atomic E-state index is 5.05. The van der Waals surface area contributed by atoms with Gasteiger partial charge in [-0.25, -0.2) is 9.98 Å². The molecule has 226 valence electrons. The normalized spacial score (nSPS) is 13.9. The predicted molar refractivity (Wildman–Crippen MR) is 198 cm³/mol. The summed E-state index contributed by atoms with van der Waals surface area (Å²) in [5.41, 5.74) is 11.8. The van der Waals surface area contributed by atoms with Crippen LogP contribution in [0.1, 0.15) is 41.7 Å². The van der Waals surface area contributed by atoms with Crippen molar-refractivity contribution in [2.45, 2.75) is 25.8 Å². The second-order valence-corrected chi connectivity index (χ2v) is 12.6. The van der Waals surface area contributed by atoms with Gasteiger partial charge in [0.15, 0.2) is 11.7 Å². The van der Waals surface area contributed by atoms with E-state index in [2.05, 4.69) is 115 Å². The van der Waals surface area contributed by atoms with Crippen LogP contribution >= 0.6 is 0 Å². The smallest absolute Gasteiger partial charge is 0.161 e. The molecule has 1 heterocycles. The zero-order valence-electron chi connectivity index (χ0n) is 26.6. The minimum absolute atomic E-state index is 0.0782. The van der Waals surface area contributed by atoms with Gasteiger partial charge in [-0.2, -0.15) is 0 Å². The van der Waals surface area contributed by atoms with Crippen LogP contribution in [-0.4, -0.2) is 23.0 Å². The number of hydrogen-bond donors (Lipinski definition) is 0. The number of para-hydroxylation sites is 1. The molecule has 7 aromatic rings. The monoisotopic (exact) mass is 606 g/mol. The van der Waals surface area contributed by atoms with E-state index < -0.39 is 0 Å². The Morgan fingerprint density at radius 3 is 2.04 bits per heavy atom. The third-order valence-corrected chi connectivity index (χ3v) is 9.38. The molecule has 1 aliphatic rings. The van der Waals surface area contributed by atoms with E-state index in [9.17, 15) is 0 Å². The summed E-state index contributed by atoms with van der Waals surface area (Å²) in [7, 11) is 0. The fourth-order valence-electron chi connectivity index (χ4n) is 7.06. The van der Waals surface area contributed by atoms with E-state index in [4.69, 9.17) is 9.98 Å². The summed E-state index contributed by atoms with van der Waals surface area (Å²) in [6.07, 6.45) is 0. The summed E-state index contributed by atoms with van der Waals surface area (Å²) >= 11 is 0. The number of rotatable bonds is 5. The van der Waals surface area contributed by atoms with Crippen molar-refractivity contribution in [2.24, 2.45) is 15.0 Å². The summed E-state index contributed by atoms with van der Waals surface area (Å²) < 4.78 is 2.41. The molecule has 6 aromatic carbocycles. The molecular formula is C43H34N4. The van der Waals surface area contributed by atoms with Crippen molar-refractivity contribution in [2.75, 3.05) is 0 Å². The van der Waals surface area contributed by atoms with Gasteiger partial charge in [0.1, 0.15) is 0 Å². The maximum Gasteiger partial charge on any atom is 0.161 e. The van der Waals surface area contributed by atoms with Crippen molar-refractivity contribution < 1.29 is 0 Å². The third-order valence-electron chi connectivity index (χ3n) is 9.38. The molecule has 8 rings (SSSR count). The van der Waals surface area contributed by atoms with Crippen LogP contribution in [-0.2, 0) is 12.0 Å². The fourth-order valence-corrected chi connectivity index (χ4v) is 7.06. The molecule has 0 saturated carbocycles. The number of nitrogens with zero attached hydrogens (tertiary/aromatic N) is 4. The molecule has 4 nitrogen and oxygen atoms in total. The second-order valence-electron chi connectivity index (χ2n) is 12.6. The number of fused-ring (bicyclic) bond motifs is 6. The molecule has 0 unspecified atom stereocenters. The molecule has 0 aliphatic heterocycles. The van der Waals surface area contributed by atoms with E-state index in [1.165, 1.54) is 44.1 Å². The van der Waals surface area contributed by atoms with Crippen LogP contribution in [0.3, 0.4) is 0 Å². The highest BCUT2D eigenvalue weighted by Crippen LogP contribution is 2.50. The first-order valence-electron chi connectivity index (χ1n) is 16.0. The highest BCUT2D eigenvalue weighted by molar-refractivity contribution is 6.13. The van der Waals surface area contributed by atoms with Gasteiger partial charge in [0, 0.05) is 33.0 Å². The SMILES string of the molecule is C=NC(=NC(=NCc1cccc(-n2c3ccccc3c3cc4c(cc32)C(C)(C)c2ccccc2-4)c1)c1ccccc1)c1ccccc1. The van der Waals surface area contributed by atoms with Gasteiger partial charge in [-0.1, -0.05) is 129 Å². The molecular weight excluding hydrogens is 573 g/mol. The van der Waals surface area contributed by atoms with Gasteiger partial charge in [-0.15, -0.1) is 0 Å². The van der Waals surface area contributed by atoms with Gasteiger partial charge in [0.05, 0.1) is 17.6 Å². The van der Waals surface area contributed by atoms with Crippen LogP contribution in [0.5, 0.6) is 0 Å². The van der Waals surface area contributed by atoms with Crippen molar-refractivity contribution in [3.63, 3.8) is 0 Å². The Kier molecular flexibility index (Phi) is 6.99. The lowest BCUT2D eigenvalue weighted by atomic mass is 9.82. The lowest BCUT2D eigenvalue weighted by molar-refractivity contribution is 0.661. The highest BCUT2D eigenvalue weighted by atomic mass is 15.0. The molecule has 1 aliphatic carbocycles. The van der Waals surface area contributed by atoms with Gasteiger partial charge in [-0.3, -0.25) is 4.99 Å². The van der Waals surface area contributed by atoms with E-state index in [-0.39, 0.29) is 5.41 Å². The number of amidine groups is 2. The van der Waals surface area contributed by atoms with E-state index in [0.29, 0.717) is 18.2 Å². The Hall–Kier alpha value is -5.87. The Labute approximate surface area is 275 Å². The van der Waals surface area contributed by atoms with E-state index in [1.807, 2.05) is 60.7 Å². The Morgan fingerprint density at radius 2 is 1.28 bits per heavy atom. The molecule has 0 fully saturated rings. The zero-order chi connectivity index (χ0) is 32.0. The van der Waals surface area contributed by atoms with E-state index >= 15 is 0 Å². The largest absolute Gasteiger partial charge is 0.309 e. The quantitative estimate of drug-likeness (QED) is 0.138.